The molecule has 2 amide bonds. The largest absolute Gasteiger partial charge is 0.496 e. The fraction of sp³-hybridized carbons (Fsp3) is 0.227. The number of para-hydroxylation sites is 2. The molecule has 2 N–H and O–H groups in total. The Hall–Kier alpha value is -3.26. The smallest absolute Gasteiger partial charge is 0.238 e. The predicted octanol–water partition coefficient (Wildman–Crippen LogP) is 3.14. The number of rotatable bonds is 6. The molecule has 0 radical (unpaired) electrons. The zero-order valence-corrected chi connectivity index (χ0v) is 17.5. The van der Waals surface area contributed by atoms with Crippen LogP contribution in [0.25, 0.3) is 0 Å². The van der Waals surface area contributed by atoms with Crippen LogP contribution >= 0.6 is 11.8 Å². The summed E-state index contributed by atoms with van der Waals surface area (Å²) in [5.74, 6) is 0.934. The third-order valence-electron chi connectivity index (χ3n) is 4.95. The number of benzene rings is 2. The highest BCUT2D eigenvalue weighted by molar-refractivity contribution is 8.01. The Labute approximate surface area is 178 Å². The van der Waals surface area contributed by atoms with E-state index in [1.54, 1.807) is 13.3 Å². The second-order valence-corrected chi connectivity index (χ2v) is 8.18. The lowest BCUT2D eigenvalue weighted by Gasteiger charge is -2.25. The summed E-state index contributed by atoms with van der Waals surface area (Å²) in [6.45, 7) is 0. The Balaban J connectivity index is 1.56. The zero-order chi connectivity index (χ0) is 21.1. The summed E-state index contributed by atoms with van der Waals surface area (Å²) >= 11 is 1.41. The van der Waals surface area contributed by atoms with E-state index in [0.717, 1.165) is 16.1 Å². The number of fused-ring (bicyclic) bond motifs is 1. The number of methoxy groups -OCH3 is 1. The number of thioether (sulfide) groups is 1. The molecule has 2 atom stereocenters. The molecule has 3 aromatic rings. The van der Waals surface area contributed by atoms with Crippen molar-refractivity contribution in [2.75, 3.05) is 12.4 Å². The molecule has 0 spiro atoms. The monoisotopic (exact) mass is 422 g/mol. The quantitative estimate of drug-likeness (QED) is 0.638. The molecule has 0 saturated heterocycles. The van der Waals surface area contributed by atoms with Gasteiger partial charge in [-0.2, -0.15) is 0 Å². The highest BCUT2D eigenvalue weighted by Crippen LogP contribution is 2.37. The second-order valence-electron chi connectivity index (χ2n) is 6.93. The Kier molecular flexibility index (Phi) is 5.76. The Bertz CT molecular complexity index is 1080. The molecule has 7 nitrogen and oxygen atoms in total. The van der Waals surface area contributed by atoms with E-state index in [1.165, 1.54) is 11.8 Å². The van der Waals surface area contributed by atoms with Crippen molar-refractivity contribution in [1.82, 2.24) is 14.9 Å². The summed E-state index contributed by atoms with van der Waals surface area (Å²) in [6, 6.07) is 14.6. The van der Waals surface area contributed by atoms with Crippen LogP contribution < -0.4 is 15.4 Å². The first kappa shape index (κ1) is 20.0. The fourth-order valence-corrected chi connectivity index (χ4v) is 4.57. The molecule has 1 aliphatic rings. The van der Waals surface area contributed by atoms with Crippen molar-refractivity contribution in [2.45, 2.75) is 22.6 Å². The van der Waals surface area contributed by atoms with Crippen LogP contribution in [0.5, 0.6) is 5.75 Å². The molecule has 0 bridgehead atoms. The van der Waals surface area contributed by atoms with Crippen molar-refractivity contribution in [2.24, 2.45) is 7.05 Å². The summed E-state index contributed by atoms with van der Waals surface area (Å²) in [6.07, 6.45) is 3.57. The maximum Gasteiger partial charge on any atom is 0.238 e. The predicted molar refractivity (Wildman–Crippen MR) is 116 cm³/mol. The molecule has 1 aliphatic heterocycles. The summed E-state index contributed by atoms with van der Waals surface area (Å²) in [7, 11) is 3.47. The first-order chi connectivity index (χ1) is 14.6. The van der Waals surface area contributed by atoms with Gasteiger partial charge in [0.05, 0.1) is 18.0 Å². The first-order valence-electron chi connectivity index (χ1n) is 9.53. The molecule has 2 unspecified atom stereocenters. The minimum Gasteiger partial charge on any atom is -0.496 e. The zero-order valence-electron chi connectivity index (χ0n) is 16.7. The van der Waals surface area contributed by atoms with E-state index in [2.05, 4.69) is 15.6 Å². The number of nitrogens with zero attached hydrogens (tertiary/aromatic N) is 2. The summed E-state index contributed by atoms with van der Waals surface area (Å²) in [5, 5.41) is 5.43. The number of hydrogen-bond donors (Lipinski definition) is 2. The van der Waals surface area contributed by atoms with Crippen molar-refractivity contribution < 1.29 is 14.3 Å². The van der Waals surface area contributed by atoms with Crippen LogP contribution in [0.4, 0.5) is 5.69 Å². The van der Waals surface area contributed by atoms with Crippen molar-refractivity contribution >= 4 is 29.3 Å². The lowest BCUT2D eigenvalue weighted by Crippen LogP contribution is -2.37. The lowest BCUT2D eigenvalue weighted by atomic mass is 10.0. The van der Waals surface area contributed by atoms with Gasteiger partial charge >= 0.3 is 0 Å². The van der Waals surface area contributed by atoms with Gasteiger partial charge in [-0.15, -0.1) is 11.8 Å². The molecular formula is C22H22N4O3S. The summed E-state index contributed by atoms with van der Waals surface area (Å²) < 4.78 is 7.35. The number of nitrogens with one attached hydrogen (secondary N) is 2. The molecule has 0 saturated carbocycles. The Morgan fingerprint density at radius 2 is 2.03 bits per heavy atom. The van der Waals surface area contributed by atoms with Gasteiger partial charge < -0.3 is 19.9 Å². The SMILES string of the molecule is COc1ccccc1C(NC(=O)CC1Sc2ccccc2NC1=O)c1nccn1C. The van der Waals surface area contributed by atoms with Gasteiger partial charge in [-0.1, -0.05) is 30.3 Å². The highest BCUT2D eigenvalue weighted by Gasteiger charge is 2.31. The van der Waals surface area contributed by atoms with Gasteiger partial charge in [0, 0.05) is 36.3 Å². The van der Waals surface area contributed by atoms with E-state index < -0.39 is 11.3 Å². The molecule has 0 fully saturated rings. The van der Waals surface area contributed by atoms with Crippen LogP contribution in [0, 0.1) is 0 Å². The Morgan fingerprint density at radius 3 is 2.80 bits per heavy atom. The summed E-state index contributed by atoms with van der Waals surface area (Å²) in [5.41, 5.74) is 1.58. The van der Waals surface area contributed by atoms with E-state index in [-0.39, 0.29) is 18.2 Å². The number of aryl methyl sites for hydroxylation is 1. The maximum absolute atomic E-state index is 13.0. The molecular weight excluding hydrogens is 400 g/mol. The van der Waals surface area contributed by atoms with E-state index in [1.807, 2.05) is 66.3 Å². The van der Waals surface area contributed by atoms with Gasteiger partial charge in [0.1, 0.15) is 17.6 Å². The number of ether oxygens (including phenoxy) is 1. The number of carbonyl (C=O) groups is 2. The second kappa shape index (κ2) is 8.62. The van der Waals surface area contributed by atoms with Crippen LogP contribution in [0.15, 0.2) is 65.8 Å². The van der Waals surface area contributed by atoms with Crippen LogP contribution in [-0.2, 0) is 16.6 Å². The minimum absolute atomic E-state index is 0.0565. The van der Waals surface area contributed by atoms with E-state index >= 15 is 0 Å². The van der Waals surface area contributed by atoms with Crippen LogP contribution in [0.1, 0.15) is 23.9 Å². The third-order valence-corrected chi connectivity index (χ3v) is 6.22. The van der Waals surface area contributed by atoms with E-state index in [4.69, 9.17) is 4.74 Å². The molecule has 4 rings (SSSR count). The van der Waals surface area contributed by atoms with Crippen molar-refractivity contribution in [3.05, 3.63) is 72.3 Å². The molecule has 2 aromatic carbocycles. The van der Waals surface area contributed by atoms with Gasteiger partial charge in [0.2, 0.25) is 11.8 Å². The van der Waals surface area contributed by atoms with Gasteiger partial charge in [0.25, 0.3) is 0 Å². The number of amides is 2. The normalized spacial score (nSPS) is 16.3. The first-order valence-corrected chi connectivity index (χ1v) is 10.4. The van der Waals surface area contributed by atoms with Gasteiger partial charge in [-0.25, -0.2) is 4.98 Å². The third kappa shape index (κ3) is 4.04. The number of imidazole rings is 1. The standard InChI is InChI=1S/C22H22N4O3S/c1-26-12-11-23-21(26)20(14-7-3-5-9-16(14)29-2)25-19(27)13-18-22(28)24-15-8-4-6-10-17(15)30-18/h3-12,18,20H,13H2,1-2H3,(H,24,28)(H,25,27). The minimum atomic E-state index is -0.502. The number of aromatic nitrogens is 2. The number of carbonyl (C=O) groups excluding carboxylic acids is 2. The van der Waals surface area contributed by atoms with E-state index in [9.17, 15) is 9.59 Å². The average Bonchev–Trinajstić information content (AvgIpc) is 3.18. The Morgan fingerprint density at radius 1 is 1.27 bits per heavy atom. The fourth-order valence-electron chi connectivity index (χ4n) is 3.46. The van der Waals surface area contributed by atoms with E-state index in [0.29, 0.717) is 11.6 Å². The molecule has 1 aromatic heterocycles. The van der Waals surface area contributed by atoms with Crippen molar-refractivity contribution in [3.8, 4) is 5.75 Å². The van der Waals surface area contributed by atoms with Gasteiger partial charge in [-0.3, -0.25) is 9.59 Å². The van der Waals surface area contributed by atoms with Gasteiger partial charge in [-0.05, 0) is 18.2 Å². The highest BCUT2D eigenvalue weighted by atomic mass is 32.2. The average molecular weight is 423 g/mol. The van der Waals surface area contributed by atoms with Crippen LogP contribution in [-0.4, -0.2) is 33.7 Å². The molecule has 8 heteroatoms. The molecule has 30 heavy (non-hydrogen) atoms. The number of anilines is 1. The van der Waals surface area contributed by atoms with Crippen LogP contribution in [0.2, 0.25) is 0 Å². The summed E-state index contributed by atoms with van der Waals surface area (Å²) in [4.78, 5) is 30.8. The lowest BCUT2D eigenvalue weighted by molar-refractivity contribution is -0.124. The van der Waals surface area contributed by atoms with Crippen LogP contribution in [0.3, 0.4) is 0 Å². The molecule has 2 heterocycles. The topological polar surface area (TPSA) is 85.2 Å². The maximum atomic E-state index is 13.0. The number of hydrogen-bond acceptors (Lipinski definition) is 5. The van der Waals surface area contributed by atoms with Crippen molar-refractivity contribution in [1.29, 1.82) is 0 Å². The van der Waals surface area contributed by atoms with Crippen molar-refractivity contribution in [3.63, 3.8) is 0 Å². The molecule has 154 valence electrons. The molecule has 0 aliphatic carbocycles. The van der Waals surface area contributed by atoms with Gasteiger partial charge in [0.15, 0.2) is 0 Å².